The monoisotopic (exact) mass is 569 g/mol. The van der Waals surface area contributed by atoms with Crippen LogP contribution in [0.5, 0.6) is 0 Å². The third-order valence-electron chi connectivity index (χ3n) is 7.51. The number of benzene rings is 4. The van der Waals surface area contributed by atoms with Gasteiger partial charge in [-0.15, -0.1) is 0 Å². The van der Waals surface area contributed by atoms with Crippen molar-refractivity contribution in [2.24, 2.45) is 0 Å². The minimum atomic E-state index is -1.55. The highest BCUT2D eigenvalue weighted by Gasteiger charge is 2.62. The second-order valence-corrected chi connectivity index (χ2v) is 10.5. The minimum absolute atomic E-state index is 0.0290. The number of hydroxylamine groups is 1. The lowest BCUT2D eigenvalue weighted by Gasteiger charge is -2.35. The molecule has 7 nitrogen and oxygen atoms in total. The van der Waals surface area contributed by atoms with Crippen LogP contribution < -0.4 is 5.48 Å². The first-order valence-corrected chi connectivity index (χ1v) is 14.3. The van der Waals surface area contributed by atoms with Crippen molar-refractivity contribution in [2.45, 2.75) is 56.4 Å². The van der Waals surface area contributed by atoms with E-state index >= 15 is 0 Å². The molecule has 0 aliphatic heterocycles. The molecule has 1 aliphatic rings. The smallest absolute Gasteiger partial charge is 0.137 e. The first kappa shape index (κ1) is 30.1. The summed E-state index contributed by atoms with van der Waals surface area (Å²) in [5.41, 5.74) is 5.46. The van der Waals surface area contributed by atoms with Crippen LogP contribution in [0.3, 0.4) is 0 Å². The second-order valence-electron chi connectivity index (χ2n) is 10.5. The fraction of sp³-hybridized carbons (Fsp3) is 0.314. The number of nitrogens with one attached hydrogen (secondary N) is 1. The molecule has 0 radical (unpaired) electrons. The molecular formula is C35H39NO6. The van der Waals surface area contributed by atoms with Crippen LogP contribution in [0.1, 0.15) is 22.3 Å². The predicted octanol–water partition coefficient (Wildman–Crippen LogP) is 5.22. The molecule has 1 saturated carbocycles. The molecular weight excluding hydrogens is 530 g/mol. The standard InChI is InChI=1S/C35H39NO6/c1-38-36-33-31(40-23-28-16-8-3-9-17-28)32(41-24-29-18-10-4-11-19-29)34(42-25-30-20-12-5-13-21-30)35(33,37)26-39-22-27-14-6-2-7-15-27/h2-21,31-34,36-37H,22-26H2,1H3/t31-,32-,33+,34-,35+/m1/s1. The molecule has 0 saturated heterocycles. The molecule has 5 atom stereocenters. The van der Waals surface area contributed by atoms with E-state index in [-0.39, 0.29) is 13.2 Å². The van der Waals surface area contributed by atoms with E-state index in [1.54, 1.807) is 0 Å². The minimum Gasteiger partial charge on any atom is -0.383 e. The molecule has 0 bridgehead atoms. The van der Waals surface area contributed by atoms with Crippen LogP contribution in [0, 0.1) is 0 Å². The summed E-state index contributed by atoms with van der Waals surface area (Å²) in [4.78, 5) is 5.43. The molecule has 0 amide bonds. The third-order valence-corrected chi connectivity index (χ3v) is 7.51. The quantitative estimate of drug-likeness (QED) is 0.190. The number of aliphatic hydroxyl groups is 1. The SMILES string of the molecule is CON[C@H]1[C@H](OCc2ccccc2)[C@@H](OCc2ccccc2)[C@@H](OCc2ccccc2)[C@]1(O)COCc1ccccc1. The number of rotatable bonds is 15. The van der Waals surface area contributed by atoms with E-state index in [0.717, 1.165) is 22.3 Å². The van der Waals surface area contributed by atoms with Crippen LogP contribution in [0.4, 0.5) is 0 Å². The molecule has 5 rings (SSSR count). The lowest BCUT2D eigenvalue weighted by atomic mass is 9.96. The topological polar surface area (TPSA) is 78.4 Å². The Balaban J connectivity index is 1.45. The Morgan fingerprint density at radius 3 is 1.43 bits per heavy atom. The summed E-state index contributed by atoms with van der Waals surface area (Å²) in [6.45, 7) is 1.23. The van der Waals surface area contributed by atoms with Gasteiger partial charge in [-0.1, -0.05) is 121 Å². The van der Waals surface area contributed by atoms with Crippen LogP contribution in [-0.2, 0) is 50.2 Å². The van der Waals surface area contributed by atoms with Gasteiger partial charge in [-0.2, -0.15) is 5.48 Å². The van der Waals surface area contributed by atoms with E-state index in [4.69, 9.17) is 23.8 Å². The van der Waals surface area contributed by atoms with Crippen molar-refractivity contribution in [3.63, 3.8) is 0 Å². The van der Waals surface area contributed by atoms with Gasteiger partial charge in [0.2, 0.25) is 0 Å². The van der Waals surface area contributed by atoms with E-state index in [2.05, 4.69) is 5.48 Å². The molecule has 1 aliphatic carbocycles. The van der Waals surface area contributed by atoms with Crippen molar-refractivity contribution in [1.29, 1.82) is 0 Å². The maximum atomic E-state index is 12.5. The molecule has 4 aromatic rings. The van der Waals surface area contributed by atoms with Crippen molar-refractivity contribution >= 4 is 0 Å². The van der Waals surface area contributed by atoms with Gasteiger partial charge in [0.05, 0.1) is 46.2 Å². The fourth-order valence-corrected chi connectivity index (χ4v) is 5.39. The normalized spacial score (nSPS) is 23.7. The Morgan fingerprint density at radius 1 is 0.571 bits per heavy atom. The van der Waals surface area contributed by atoms with Crippen LogP contribution >= 0.6 is 0 Å². The fourth-order valence-electron chi connectivity index (χ4n) is 5.39. The summed E-state index contributed by atoms with van der Waals surface area (Å²) in [7, 11) is 1.53. The van der Waals surface area contributed by atoms with Gasteiger partial charge in [0.15, 0.2) is 0 Å². The predicted molar refractivity (Wildman–Crippen MR) is 160 cm³/mol. The summed E-state index contributed by atoms with van der Waals surface area (Å²) >= 11 is 0. The molecule has 0 heterocycles. The van der Waals surface area contributed by atoms with Gasteiger partial charge in [0, 0.05) is 0 Å². The molecule has 220 valence electrons. The highest BCUT2D eigenvalue weighted by molar-refractivity contribution is 5.20. The average molecular weight is 570 g/mol. The average Bonchev–Trinajstić information content (AvgIpc) is 3.26. The first-order chi connectivity index (χ1) is 20.7. The Morgan fingerprint density at radius 2 is 0.976 bits per heavy atom. The van der Waals surface area contributed by atoms with Crippen molar-refractivity contribution in [2.75, 3.05) is 13.7 Å². The molecule has 42 heavy (non-hydrogen) atoms. The summed E-state index contributed by atoms with van der Waals surface area (Å²) in [5, 5.41) is 12.5. The number of hydrogen-bond acceptors (Lipinski definition) is 7. The Bertz CT molecular complexity index is 1310. The summed E-state index contributed by atoms with van der Waals surface area (Å²) < 4.78 is 25.8. The molecule has 0 spiro atoms. The van der Waals surface area contributed by atoms with Gasteiger partial charge in [-0.25, -0.2) is 0 Å². The van der Waals surface area contributed by atoms with E-state index in [1.807, 2.05) is 121 Å². The van der Waals surface area contributed by atoms with Crippen molar-refractivity contribution in [3.05, 3.63) is 144 Å². The highest BCUT2D eigenvalue weighted by atomic mass is 16.6. The van der Waals surface area contributed by atoms with Gasteiger partial charge >= 0.3 is 0 Å². The molecule has 4 aromatic carbocycles. The van der Waals surface area contributed by atoms with Crippen molar-refractivity contribution in [1.82, 2.24) is 5.48 Å². The van der Waals surface area contributed by atoms with E-state index in [0.29, 0.717) is 19.8 Å². The Kier molecular flexibility index (Phi) is 10.9. The summed E-state index contributed by atoms with van der Waals surface area (Å²) in [6, 6.07) is 38.9. The van der Waals surface area contributed by atoms with Crippen LogP contribution in [0.2, 0.25) is 0 Å². The van der Waals surface area contributed by atoms with Gasteiger partial charge < -0.3 is 28.9 Å². The molecule has 2 N–H and O–H groups in total. The van der Waals surface area contributed by atoms with Crippen LogP contribution in [0.15, 0.2) is 121 Å². The lowest BCUT2D eigenvalue weighted by molar-refractivity contribution is -0.180. The molecule has 1 fully saturated rings. The number of ether oxygens (including phenoxy) is 4. The van der Waals surface area contributed by atoms with E-state index in [9.17, 15) is 5.11 Å². The maximum Gasteiger partial charge on any atom is 0.137 e. The van der Waals surface area contributed by atoms with Crippen molar-refractivity contribution < 1.29 is 28.9 Å². The highest BCUT2D eigenvalue weighted by Crippen LogP contribution is 2.39. The van der Waals surface area contributed by atoms with Gasteiger partial charge in [-0.05, 0) is 22.3 Å². The van der Waals surface area contributed by atoms with E-state index < -0.39 is 30.0 Å². The molecule has 0 unspecified atom stereocenters. The molecule has 7 heteroatoms. The van der Waals surface area contributed by atoms with Gasteiger partial charge in [-0.3, -0.25) is 0 Å². The van der Waals surface area contributed by atoms with Crippen LogP contribution in [0.25, 0.3) is 0 Å². The van der Waals surface area contributed by atoms with Gasteiger partial charge in [0.1, 0.15) is 23.9 Å². The zero-order valence-electron chi connectivity index (χ0n) is 23.9. The zero-order valence-corrected chi connectivity index (χ0v) is 23.9. The Hall–Kier alpha value is -3.40. The van der Waals surface area contributed by atoms with E-state index in [1.165, 1.54) is 7.11 Å². The lowest BCUT2D eigenvalue weighted by Crippen LogP contribution is -2.58. The van der Waals surface area contributed by atoms with Gasteiger partial charge in [0.25, 0.3) is 0 Å². The summed E-state index contributed by atoms with van der Waals surface area (Å²) in [5.74, 6) is 0. The third kappa shape index (κ3) is 7.70. The number of hydrogen-bond donors (Lipinski definition) is 2. The molecule has 0 aromatic heterocycles. The van der Waals surface area contributed by atoms with Crippen molar-refractivity contribution in [3.8, 4) is 0 Å². The maximum absolute atomic E-state index is 12.5. The summed E-state index contributed by atoms with van der Waals surface area (Å²) in [6.07, 6.45) is -2.07. The first-order valence-electron chi connectivity index (χ1n) is 14.3. The Labute approximate surface area is 247 Å². The second kappa shape index (κ2) is 15.2. The zero-order chi connectivity index (χ0) is 29.0. The van der Waals surface area contributed by atoms with Crippen LogP contribution in [-0.4, -0.2) is 48.8 Å². The largest absolute Gasteiger partial charge is 0.383 e.